The van der Waals surface area contributed by atoms with Crippen molar-refractivity contribution >= 4 is 0 Å². The van der Waals surface area contributed by atoms with Crippen LogP contribution in [0.3, 0.4) is 0 Å². The van der Waals surface area contributed by atoms with Gasteiger partial charge in [0.15, 0.2) is 6.29 Å². The molecule has 7 nitrogen and oxygen atoms in total. The van der Waals surface area contributed by atoms with Gasteiger partial charge in [0.1, 0.15) is 24.4 Å². The summed E-state index contributed by atoms with van der Waals surface area (Å²) in [6.07, 6.45) is -3.36. The summed E-state index contributed by atoms with van der Waals surface area (Å²) in [5.74, 6) is 0. The summed E-state index contributed by atoms with van der Waals surface area (Å²) in [6.45, 7) is 3.26. The van der Waals surface area contributed by atoms with Gasteiger partial charge in [-0.05, 0) is 26.7 Å². The molecule has 0 radical (unpaired) electrons. The van der Waals surface area contributed by atoms with Crippen molar-refractivity contribution < 1.29 is 35.0 Å². The third kappa shape index (κ3) is 5.63. The smallest absolute Gasteiger partial charge is 0.187 e. The Morgan fingerprint density at radius 1 is 1.24 bits per heavy atom. The molecule has 1 fully saturated rings. The summed E-state index contributed by atoms with van der Waals surface area (Å²) in [5, 5.41) is 47.3. The second-order valence-corrected chi connectivity index (χ2v) is 5.49. The van der Waals surface area contributed by atoms with Gasteiger partial charge < -0.3 is 35.0 Å². The average Bonchev–Trinajstić information content (AvgIpc) is 2.43. The van der Waals surface area contributed by atoms with Crippen molar-refractivity contribution in [2.45, 2.75) is 63.5 Å². The molecular weight excluding hydrogens is 280 g/mol. The summed E-state index contributed by atoms with van der Waals surface area (Å²) in [4.78, 5) is 0. The van der Waals surface area contributed by atoms with E-state index in [0.717, 1.165) is 5.57 Å². The molecule has 0 aromatic rings. The molecule has 1 saturated heterocycles. The minimum atomic E-state index is -1.43. The second-order valence-electron chi connectivity index (χ2n) is 5.49. The fourth-order valence-corrected chi connectivity index (χ4v) is 2.05. The predicted octanol–water partition coefficient (Wildman–Crippen LogP) is -1.09. The fourth-order valence-electron chi connectivity index (χ4n) is 2.05. The van der Waals surface area contributed by atoms with Gasteiger partial charge in [0.2, 0.25) is 0 Å². The summed E-state index contributed by atoms with van der Waals surface area (Å²) < 4.78 is 10.6. The van der Waals surface area contributed by atoms with E-state index >= 15 is 0 Å². The Kier molecular flexibility index (Phi) is 7.75. The number of hydrogen-bond donors (Lipinski definition) is 5. The van der Waals surface area contributed by atoms with Crippen LogP contribution in [0.5, 0.6) is 0 Å². The maximum atomic E-state index is 9.79. The van der Waals surface area contributed by atoms with Gasteiger partial charge in [-0.2, -0.15) is 0 Å². The molecule has 21 heavy (non-hydrogen) atoms. The molecule has 1 rings (SSSR count). The predicted molar refractivity (Wildman–Crippen MR) is 74.4 cm³/mol. The highest BCUT2D eigenvalue weighted by Gasteiger charge is 2.43. The summed E-state index contributed by atoms with van der Waals surface area (Å²) in [7, 11) is 0. The Labute approximate surface area is 124 Å². The molecule has 0 aromatic heterocycles. The van der Waals surface area contributed by atoms with Crippen LogP contribution in [0.4, 0.5) is 0 Å². The second kappa shape index (κ2) is 8.79. The molecule has 0 spiro atoms. The molecule has 0 bridgehead atoms. The summed E-state index contributed by atoms with van der Waals surface area (Å²) in [6, 6.07) is 0. The van der Waals surface area contributed by atoms with Crippen LogP contribution in [-0.4, -0.2) is 75.6 Å². The van der Waals surface area contributed by atoms with Crippen molar-refractivity contribution in [2.24, 2.45) is 0 Å². The molecule has 0 aromatic carbocycles. The van der Waals surface area contributed by atoms with Crippen LogP contribution in [-0.2, 0) is 9.47 Å². The van der Waals surface area contributed by atoms with Crippen LogP contribution in [0.2, 0.25) is 0 Å². The van der Waals surface area contributed by atoms with Crippen LogP contribution in [0.15, 0.2) is 11.6 Å². The van der Waals surface area contributed by atoms with Gasteiger partial charge in [0.05, 0.1) is 19.3 Å². The quantitative estimate of drug-likeness (QED) is 0.379. The highest BCUT2D eigenvalue weighted by molar-refractivity contribution is 4.99. The van der Waals surface area contributed by atoms with Crippen molar-refractivity contribution in [1.29, 1.82) is 0 Å². The molecule has 0 aliphatic carbocycles. The van der Waals surface area contributed by atoms with Gasteiger partial charge in [-0.25, -0.2) is 0 Å². The Bertz CT molecular complexity index is 329. The lowest BCUT2D eigenvalue weighted by Crippen LogP contribution is -2.59. The number of aliphatic hydroxyl groups excluding tert-OH is 5. The average molecular weight is 306 g/mol. The maximum Gasteiger partial charge on any atom is 0.187 e. The van der Waals surface area contributed by atoms with E-state index < -0.39 is 37.3 Å². The largest absolute Gasteiger partial charge is 0.394 e. The van der Waals surface area contributed by atoms with Crippen LogP contribution in [0.25, 0.3) is 0 Å². The van der Waals surface area contributed by atoms with Gasteiger partial charge in [0, 0.05) is 0 Å². The molecule has 7 heteroatoms. The van der Waals surface area contributed by atoms with Gasteiger partial charge in [-0.3, -0.25) is 0 Å². The Morgan fingerprint density at radius 2 is 1.90 bits per heavy atom. The van der Waals surface area contributed by atoms with E-state index in [-0.39, 0.29) is 12.7 Å². The minimum absolute atomic E-state index is 0.183. The minimum Gasteiger partial charge on any atom is -0.394 e. The van der Waals surface area contributed by atoms with E-state index in [1.165, 1.54) is 0 Å². The Morgan fingerprint density at radius 3 is 2.48 bits per heavy atom. The van der Waals surface area contributed by atoms with Gasteiger partial charge in [0.25, 0.3) is 0 Å². The molecule has 1 aliphatic rings. The molecule has 5 N–H and O–H groups in total. The lowest BCUT2D eigenvalue weighted by Gasteiger charge is -2.39. The van der Waals surface area contributed by atoms with Gasteiger partial charge in [-0.1, -0.05) is 11.6 Å². The molecule has 0 unspecified atom stereocenters. The van der Waals surface area contributed by atoms with E-state index in [1.807, 2.05) is 13.0 Å². The normalized spacial score (nSPS) is 35.8. The molecule has 6 atom stereocenters. The first-order valence-electron chi connectivity index (χ1n) is 7.12. The fraction of sp³-hybridized carbons (Fsp3) is 0.857. The van der Waals surface area contributed by atoms with E-state index in [2.05, 4.69) is 0 Å². The first-order valence-corrected chi connectivity index (χ1v) is 7.12. The maximum absolute atomic E-state index is 9.79. The number of hydrogen-bond acceptors (Lipinski definition) is 7. The first-order chi connectivity index (χ1) is 9.86. The summed E-state index contributed by atoms with van der Waals surface area (Å²) in [5.41, 5.74) is 0.896. The SMILES string of the molecule is C/C(=C\CC[C@H](C)O)CO[C@@H]1O[C@H](CO)[C@@H](O)[C@H](O)[C@H]1O. The molecule has 0 saturated carbocycles. The molecule has 0 amide bonds. The molecule has 1 aliphatic heterocycles. The molecular formula is C14H26O7. The number of ether oxygens (including phenoxy) is 2. The highest BCUT2D eigenvalue weighted by Crippen LogP contribution is 2.22. The van der Waals surface area contributed by atoms with Crippen molar-refractivity contribution in [2.75, 3.05) is 13.2 Å². The van der Waals surface area contributed by atoms with Crippen LogP contribution in [0, 0.1) is 0 Å². The number of allylic oxidation sites excluding steroid dienone is 1. The van der Waals surface area contributed by atoms with Crippen LogP contribution >= 0.6 is 0 Å². The zero-order chi connectivity index (χ0) is 16.0. The van der Waals surface area contributed by atoms with Crippen molar-refractivity contribution in [3.8, 4) is 0 Å². The molecule has 124 valence electrons. The zero-order valence-electron chi connectivity index (χ0n) is 12.4. The number of rotatable bonds is 7. The van der Waals surface area contributed by atoms with E-state index in [1.54, 1.807) is 6.92 Å². The van der Waals surface area contributed by atoms with Gasteiger partial charge >= 0.3 is 0 Å². The van der Waals surface area contributed by atoms with E-state index in [4.69, 9.17) is 19.7 Å². The van der Waals surface area contributed by atoms with Crippen LogP contribution in [0.1, 0.15) is 26.7 Å². The van der Waals surface area contributed by atoms with Crippen molar-refractivity contribution in [3.05, 3.63) is 11.6 Å². The lowest BCUT2D eigenvalue weighted by atomic mass is 9.99. The zero-order valence-corrected chi connectivity index (χ0v) is 12.4. The number of aliphatic hydroxyl groups is 5. The molecule has 1 heterocycles. The monoisotopic (exact) mass is 306 g/mol. The van der Waals surface area contributed by atoms with E-state index in [9.17, 15) is 15.3 Å². The summed E-state index contributed by atoms with van der Waals surface area (Å²) >= 11 is 0. The van der Waals surface area contributed by atoms with Crippen molar-refractivity contribution in [3.63, 3.8) is 0 Å². The first kappa shape index (κ1) is 18.5. The van der Waals surface area contributed by atoms with Crippen molar-refractivity contribution in [1.82, 2.24) is 0 Å². The third-order valence-corrected chi connectivity index (χ3v) is 3.40. The van der Waals surface area contributed by atoms with E-state index in [0.29, 0.717) is 12.8 Å². The third-order valence-electron chi connectivity index (χ3n) is 3.40. The Balaban J connectivity index is 2.46. The van der Waals surface area contributed by atoms with Crippen LogP contribution < -0.4 is 0 Å². The van der Waals surface area contributed by atoms with Gasteiger partial charge in [-0.15, -0.1) is 0 Å². The lowest BCUT2D eigenvalue weighted by molar-refractivity contribution is -0.299. The topological polar surface area (TPSA) is 120 Å². The standard InChI is InChI=1S/C14H26O7/c1-8(4-3-5-9(2)16)7-20-14-13(19)12(18)11(17)10(6-15)21-14/h4,9-19H,3,5-7H2,1-2H3/b8-4+/t9-,10+,11+,12-,13+,14+/m0/s1. The highest BCUT2D eigenvalue weighted by atomic mass is 16.7. The Hall–Kier alpha value is -0.540.